The number of hydrogen-bond donors (Lipinski definition) is 2. The zero-order valence-electron chi connectivity index (χ0n) is 29.0. The zero-order chi connectivity index (χ0) is 37.0. The molecule has 1 aromatic heterocycles. The Hall–Kier alpha value is -5.55. The highest BCUT2D eigenvalue weighted by Gasteiger charge is 2.15. The van der Waals surface area contributed by atoms with Gasteiger partial charge in [0.15, 0.2) is 28.1 Å². The highest BCUT2D eigenvalue weighted by Crippen LogP contribution is 2.38. The van der Waals surface area contributed by atoms with Crippen molar-refractivity contribution in [1.29, 1.82) is 0 Å². The van der Waals surface area contributed by atoms with Crippen LogP contribution in [0, 0.1) is 0 Å². The van der Waals surface area contributed by atoms with Crippen LogP contribution in [0.3, 0.4) is 0 Å². The third kappa shape index (κ3) is 10.3. The van der Waals surface area contributed by atoms with Gasteiger partial charge in [0.2, 0.25) is 0 Å². The molecule has 53 heavy (non-hydrogen) atoms. The molecule has 0 fully saturated rings. The monoisotopic (exact) mass is 766 g/mol. The summed E-state index contributed by atoms with van der Waals surface area (Å²) in [6.07, 6.45) is 1.50. The van der Waals surface area contributed by atoms with E-state index in [1.54, 1.807) is 24.3 Å². The van der Waals surface area contributed by atoms with E-state index in [4.69, 9.17) is 42.1 Å². The maximum absolute atomic E-state index is 12.9. The van der Waals surface area contributed by atoms with Crippen molar-refractivity contribution in [2.24, 2.45) is 5.10 Å². The van der Waals surface area contributed by atoms with Crippen molar-refractivity contribution in [3.05, 3.63) is 147 Å². The third-order valence-corrected chi connectivity index (χ3v) is 8.97. The summed E-state index contributed by atoms with van der Waals surface area (Å²) in [6.45, 7) is 5.32. The average molecular weight is 768 g/mol. The van der Waals surface area contributed by atoms with Gasteiger partial charge in [-0.15, -0.1) is 11.3 Å². The van der Waals surface area contributed by atoms with Crippen LogP contribution in [0.15, 0.2) is 120 Å². The van der Waals surface area contributed by atoms with Gasteiger partial charge in [0.1, 0.15) is 13.2 Å². The summed E-state index contributed by atoms with van der Waals surface area (Å²) in [5, 5.41) is 11.1. The molecule has 9 nitrogen and oxygen atoms in total. The van der Waals surface area contributed by atoms with Gasteiger partial charge in [-0.1, -0.05) is 71.7 Å². The summed E-state index contributed by atoms with van der Waals surface area (Å²) < 4.78 is 23.9. The largest absolute Gasteiger partial charge is 0.490 e. The molecule has 0 radical (unpaired) electrons. The van der Waals surface area contributed by atoms with Crippen molar-refractivity contribution in [1.82, 2.24) is 10.4 Å². The Morgan fingerprint density at radius 2 is 1.51 bits per heavy atom. The predicted molar refractivity (Wildman–Crippen MR) is 213 cm³/mol. The number of nitrogens with one attached hydrogen (secondary N) is 2. The van der Waals surface area contributed by atoms with E-state index in [2.05, 4.69) is 20.8 Å². The fraction of sp³-hybridized carbons (Fsp3) is 0.146. The minimum atomic E-state index is -0.366. The highest BCUT2D eigenvalue weighted by atomic mass is 35.5. The second kappa shape index (κ2) is 18.3. The van der Waals surface area contributed by atoms with Crippen LogP contribution in [0.2, 0.25) is 10.0 Å². The Morgan fingerprint density at radius 1 is 0.774 bits per heavy atom. The van der Waals surface area contributed by atoms with Gasteiger partial charge in [-0.05, 0) is 91.2 Å². The molecular weight excluding hydrogens is 731 g/mol. The molecule has 0 aliphatic carbocycles. The number of carbonyl (C=O) groups excluding carboxylic acids is 1. The predicted octanol–water partition coefficient (Wildman–Crippen LogP) is 10.6. The zero-order valence-corrected chi connectivity index (χ0v) is 31.3. The Bertz CT molecular complexity index is 2160. The second-order valence-electron chi connectivity index (χ2n) is 11.5. The molecule has 0 aliphatic rings. The lowest BCUT2D eigenvalue weighted by Crippen LogP contribution is -2.17. The van der Waals surface area contributed by atoms with Gasteiger partial charge in [0.25, 0.3) is 5.91 Å². The summed E-state index contributed by atoms with van der Waals surface area (Å²) in [5.74, 6) is 1.75. The van der Waals surface area contributed by atoms with E-state index in [0.717, 1.165) is 33.2 Å². The van der Waals surface area contributed by atoms with E-state index in [-0.39, 0.29) is 12.5 Å². The number of ether oxygens (including phenoxy) is 4. The Kier molecular flexibility index (Phi) is 12.8. The maximum atomic E-state index is 12.9. The summed E-state index contributed by atoms with van der Waals surface area (Å²) in [7, 11) is 0. The van der Waals surface area contributed by atoms with Gasteiger partial charge < -0.3 is 24.3 Å². The van der Waals surface area contributed by atoms with E-state index in [1.165, 1.54) is 17.6 Å². The van der Waals surface area contributed by atoms with Gasteiger partial charge in [-0.3, -0.25) is 4.79 Å². The van der Waals surface area contributed by atoms with Crippen molar-refractivity contribution < 1.29 is 23.7 Å². The molecule has 0 aliphatic heterocycles. The fourth-order valence-corrected chi connectivity index (χ4v) is 6.27. The number of thiazole rings is 1. The van der Waals surface area contributed by atoms with Crippen LogP contribution < -0.4 is 29.7 Å². The fourth-order valence-electron chi connectivity index (χ4n) is 5.13. The van der Waals surface area contributed by atoms with Crippen molar-refractivity contribution in [2.75, 3.05) is 18.5 Å². The normalized spacial score (nSPS) is 10.9. The second-order valence-corrected chi connectivity index (χ2v) is 13.2. The molecule has 0 spiro atoms. The van der Waals surface area contributed by atoms with E-state index < -0.39 is 0 Å². The summed E-state index contributed by atoms with van der Waals surface area (Å²) in [4.78, 5) is 17.5. The molecule has 6 rings (SSSR count). The van der Waals surface area contributed by atoms with Gasteiger partial charge in [0, 0.05) is 27.2 Å². The Morgan fingerprint density at radius 3 is 2.26 bits per heavy atom. The third-order valence-electron chi connectivity index (χ3n) is 7.68. The maximum Gasteiger partial charge on any atom is 0.271 e. The minimum Gasteiger partial charge on any atom is -0.490 e. The number of anilines is 2. The van der Waals surface area contributed by atoms with E-state index in [9.17, 15) is 4.79 Å². The first kappa shape index (κ1) is 37.2. The van der Waals surface area contributed by atoms with Crippen molar-refractivity contribution in [2.45, 2.75) is 27.1 Å². The van der Waals surface area contributed by atoms with Gasteiger partial charge in [-0.25, -0.2) is 10.4 Å². The number of halogens is 2. The van der Waals surface area contributed by atoms with Crippen LogP contribution >= 0.6 is 34.5 Å². The molecule has 0 saturated heterocycles. The summed E-state index contributed by atoms with van der Waals surface area (Å²) in [5.41, 5.74) is 8.13. The topological polar surface area (TPSA) is 103 Å². The van der Waals surface area contributed by atoms with Gasteiger partial charge in [0.05, 0.1) is 30.1 Å². The van der Waals surface area contributed by atoms with Crippen LogP contribution in [0.5, 0.6) is 23.0 Å². The number of benzene rings is 5. The molecule has 270 valence electrons. The average Bonchev–Trinajstić information content (AvgIpc) is 3.64. The molecule has 0 atom stereocenters. The minimum absolute atomic E-state index is 0.213. The summed E-state index contributed by atoms with van der Waals surface area (Å²) >= 11 is 14.1. The molecule has 12 heteroatoms. The lowest BCUT2D eigenvalue weighted by Gasteiger charge is -2.16. The number of rotatable bonds is 16. The first-order chi connectivity index (χ1) is 25.9. The first-order valence-electron chi connectivity index (χ1n) is 16.8. The van der Waals surface area contributed by atoms with Gasteiger partial charge >= 0.3 is 0 Å². The number of nitrogens with zero attached hydrogens (tertiary/aromatic N) is 2. The van der Waals surface area contributed by atoms with E-state index >= 15 is 0 Å². The molecule has 0 saturated carbocycles. The summed E-state index contributed by atoms with van der Waals surface area (Å²) in [6, 6.07) is 33.6. The highest BCUT2D eigenvalue weighted by molar-refractivity contribution is 7.14. The number of aromatic nitrogens is 1. The Balaban J connectivity index is 1.05. The number of amides is 1. The number of hydrogen-bond acceptors (Lipinski definition) is 9. The SMILES string of the molecule is CCOc1cc(COc2c(Cl)cc(/C=N\NC(=O)c3ccc(-c4csc(Nc5ccc(Cl)cc5)n4)cc3)cc2OCC)ccc1OCc1ccccc1. The molecule has 0 bridgehead atoms. The van der Waals surface area contributed by atoms with Crippen molar-refractivity contribution in [3.8, 4) is 34.3 Å². The van der Waals surface area contributed by atoms with E-state index in [1.807, 2.05) is 104 Å². The van der Waals surface area contributed by atoms with Crippen LogP contribution in [-0.4, -0.2) is 30.3 Å². The molecule has 0 unspecified atom stereocenters. The standard InChI is InChI=1S/C41H36Cl2N4O5S/c1-3-49-37-21-28(10-19-36(37)51-24-27-8-6-5-7-9-27)25-52-39-34(43)20-29(22-38(39)50-4-2)23-44-47-40(48)31-13-11-30(12-14-31)35-26-53-41(46-35)45-33-17-15-32(42)16-18-33/h5-23,26H,3-4,24-25H2,1-2H3,(H,45,46)(H,47,48)/b44-23-. The molecule has 2 N–H and O–H groups in total. The molecule has 5 aromatic carbocycles. The molecule has 6 aromatic rings. The molecule has 1 amide bonds. The van der Waals surface area contributed by atoms with Crippen molar-refractivity contribution in [3.63, 3.8) is 0 Å². The smallest absolute Gasteiger partial charge is 0.271 e. The van der Waals surface area contributed by atoms with Gasteiger partial charge in [-0.2, -0.15) is 5.10 Å². The quantitative estimate of drug-likeness (QED) is 0.0747. The first-order valence-corrected chi connectivity index (χ1v) is 18.5. The number of hydrazone groups is 1. The van der Waals surface area contributed by atoms with Crippen LogP contribution in [0.25, 0.3) is 11.3 Å². The molecular formula is C41H36Cl2N4O5S. The lowest BCUT2D eigenvalue weighted by atomic mass is 10.1. The van der Waals surface area contributed by atoms with Crippen LogP contribution in [0.4, 0.5) is 10.8 Å². The van der Waals surface area contributed by atoms with Crippen molar-refractivity contribution >= 4 is 57.5 Å². The lowest BCUT2D eigenvalue weighted by molar-refractivity contribution is 0.0955. The van der Waals surface area contributed by atoms with E-state index in [0.29, 0.717) is 64.0 Å². The van der Waals surface area contributed by atoms with Crippen LogP contribution in [-0.2, 0) is 13.2 Å². The number of carbonyl (C=O) groups is 1. The molecule has 1 heterocycles. The Labute approximate surface area is 322 Å². The van der Waals surface area contributed by atoms with Crippen LogP contribution in [0.1, 0.15) is 40.9 Å².